The minimum absolute atomic E-state index is 0.0515. The van der Waals surface area contributed by atoms with Gasteiger partial charge in [-0.3, -0.25) is 19.2 Å². The Bertz CT molecular complexity index is 858. The first-order valence-corrected chi connectivity index (χ1v) is 11.6. The highest BCUT2D eigenvalue weighted by atomic mass is 16.6. The average Bonchev–Trinajstić information content (AvgIpc) is 2.96. The molecule has 0 saturated heterocycles. The quantitative estimate of drug-likeness (QED) is 0.633. The van der Waals surface area contributed by atoms with Gasteiger partial charge in [0.2, 0.25) is 0 Å². The van der Waals surface area contributed by atoms with Gasteiger partial charge in [-0.05, 0) is 62.4 Å². The van der Waals surface area contributed by atoms with E-state index < -0.39 is 11.5 Å². The lowest BCUT2D eigenvalue weighted by Gasteiger charge is -2.60. The summed E-state index contributed by atoms with van der Waals surface area (Å²) in [6.07, 6.45) is 5.30. The van der Waals surface area contributed by atoms with Gasteiger partial charge >= 0.3 is 11.9 Å². The molecule has 0 amide bonds. The van der Waals surface area contributed by atoms with Crippen molar-refractivity contribution < 1.29 is 28.7 Å². The van der Waals surface area contributed by atoms with Crippen molar-refractivity contribution in [2.24, 2.45) is 34.5 Å². The lowest BCUT2D eigenvalue weighted by atomic mass is 9.45. The molecule has 6 heteroatoms. The van der Waals surface area contributed by atoms with E-state index in [4.69, 9.17) is 9.47 Å². The van der Waals surface area contributed by atoms with Gasteiger partial charge in [0, 0.05) is 37.5 Å². The molecule has 4 rings (SSSR count). The summed E-state index contributed by atoms with van der Waals surface area (Å²) in [5.74, 6) is -0.338. The van der Waals surface area contributed by atoms with Crippen LogP contribution in [0.3, 0.4) is 0 Å². The summed E-state index contributed by atoms with van der Waals surface area (Å²) < 4.78 is 11.7. The zero-order chi connectivity index (χ0) is 22.7. The standard InChI is InChI=1S/C25H34O6/c1-13(26)19-11-21(30-14(2)27)23-18-7-6-16-10-17(29)8-9-24(16,4)20(18)12-22(25(19,23)5)31-15(3)28/h10,18-23H,6-9,11-12H2,1-5H3/t18-,19-,20+,21+,22-,23-,24+,25+/m1/s1. The normalized spacial score (nSPS) is 43.8. The fraction of sp³-hybridized carbons (Fsp3) is 0.760. The van der Waals surface area contributed by atoms with Gasteiger partial charge in [0.1, 0.15) is 18.0 Å². The van der Waals surface area contributed by atoms with Gasteiger partial charge in [-0.25, -0.2) is 0 Å². The van der Waals surface area contributed by atoms with Crippen LogP contribution in [0.15, 0.2) is 11.6 Å². The maximum Gasteiger partial charge on any atom is 0.302 e. The predicted octanol–water partition coefficient (Wildman–Crippen LogP) is 3.81. The van der Waals surface area contributed by atoms with E-state index in [9.17, 15) is 19.2 Å². The number of carbonyl (C=O) groups is 4. The molecule has 0 spiro atoms. The zero-order valence-electron chi connectivity index (χ0n) is 19.2. The molecular weight excluding hydrogens is 396 g/mol. The van der Waals surface area contributed by atoms with E-state index in [-0.39, 0.29) is 58.7 Å². The number of Topliss-reactive ketones (excluding diaryl/α,β-unsaturated/α-hetero) is 1. The van der Waals surface area contributed by atoms with Crippen LogP contribution in [-0.2, 0) is 28.7 Å². The lowest BCUT2D eigenvalue weighted by molar-refractivity contribution is -0.189. The topological polar surface area (TPSA) is 86.7 Å². The number of carbonyl (C=O) groups excluding carboxylic acids is 4. The van der Waals surface area contributed by atoms with Crippen LogP contribution in [0.25, 0.3) is 0 Å². The molecule has 3 fully saturated rings. The first-order valence-electron chi connectivity index (χ1n) is 11.6. The highest BCUT2D eigenvalue weighted by Gasteiger charge is 2.68. The number of ether oxygens (including phenoxy) is 2. The smallest absolute Gasteiger partial charge is 0.302 e. The molecule has 8 atom stereocenters. The molecule has 170 valence electrons. The first kappa shape index (κ1) is 22.2. The minimum Gasteiger partial charge on any atom is -0.462 e. The second-order valence-electron chi connectivity index (χ2n) is 10.6. The number of rotatable bonds is 3. The second-order valence-corrected chi connectivity index (χ2v) is 10.6. The molecule has 31 heavy (non-hydrogen) atoms. The Kier molecular flexibility index (Phi) is 5.42. The molecule has 0 aromatic rings. The van der Waals surface area contributed by atoms with E-state index in [0.717, 1.165) is 19.3 Å². The highest BCUT2D eigenvalue weighted by Crippen LogP contribution is 2.67. The predicted molar refractivity (Wildman–Crippen MR) is 113 cm³/mol. The van der Waals surface area contributed by atoms with Crippen molar-refractivity contribution in [3.05, 3.63) is 11.6 Å². The van der Waals surface area contributed by atoms with Crippen LogP contribution in [0, 0.1) is 34.5 Å². The van der Waals surface area contributed by atoms with Crippen molar-refractivity contribution in [2.45, 2.75) is 85.4 Å². The number of hydrogen-bond acceptors (Lipinski definition) is 6. The Labute approximate surface area is 184 Å². The van der Waals surface area contributed by atoms with Crippen molar-refractivity contribution in [1.29, 1.82) is 0 Å². The molecule has 4 aliphatic carbocycles. The molecule has 0 heterocycles. The first-order chi connectivity index (χ1) is 14.5. The van der Waals surface area contributed by atoms with Gasteiger partial charge in [0.15, 0.2) is 5.78 Å². The Morgan fingerprint density at radius 3 is 2.29 bits per heavy atom. The molecular formula is C25H34O6. The average molecular weight is 431 g/mol. The molecule has 4 aliphatic rings. The van der Waals surface area contributed by atoms with E-state index >= 15 is 0 Å². The van der Waals surface area contributed by atoms with Gasteiger partial charge < -0.3 is 9.47 Å². The van der Waals surface area contributed by atoms with E-state index in [0.29, 0.717) is 19.3 Å². The van der Waals surface area contributed by atoms with Crippen LogP contribution >= 0.6 is 0 Å². The fourth-order valence-electron chi connectivity index (χ4n) is 7.86. The van der Waals surface area contributed by atoms with Crippen molar-refractivity contribution >= 4 is 23.5 Å². The molecule has 0 aromatic carbocycles. The Morgan fingerprint density at radius 2 is 1.68 bits per heavy atom. The SMILES string of the molecule is CC(=O)O[C@H]1C[C@H](C(C)=O)[C@]2(C)[C@@H]1[C@@H]1CCC3=CC(=O)CC[C@]3(C)[C@H]1C[C@H]2OC(C)=O. The van der Waals surface area contributed by atoms with Gasteiger partial charge in [0.25, 0.3) is 0 Å². The number of fused-ring (bicyclic) bond motifs is 5. The molecule has 0 aromatic heterocycles. The van der Waals surface area contributed by atoms with Crippen LogP contribution in [0.4, 0.5) is 0 Å². The summed E-state index contributed by atoms with van der Waals surface area (Å²) in [6.45, 7) is 8.73. The molecule has 0 bridgehead atoms. The third-order valence-corrected chi connectivity index (χ3v) is 9.12. The van der Waals surface area contributed by atoms with Crippen molar-refractivity contribution in [1.82, 2.24) is 0 Å². The van der Waals surface area contributed by atoms with Crippen molar-refractivity contribution in [2.75, 3.05) is 0 Å². The molecule has 3 saturated carbocycles. The maximum absolute atomic E-state index is 12.7. The summed E-state index contributed by atoms with van der Waals surface area (Å²) in [6, 6.07) is 0. The molecule has 0 aliphatic heterocycles. The highest BCUT2D eigenvalue weighted by molar-refractivity contribution is 5.91. The van der Waals surface area contributed by atoms with E-state index in [2.05, 4.69) is 13.8 Å². The van der Waals surface area contributed by atoms with Gasteiger partial charge in [-0.1, -0.05) is 19.4 Å². The van der Waals surface area contributed by atoms with Crippen LogP contribution in [-0.4, -0.2) is 35.7 Å². The molecule has 0 radical (unpaired) electrons. The number of esters is 2. The number of allylic oxidation sites excluding steroid dienone is 1. The Hall–Kier alpha value is -1.98. The molecule has 0 unspecified atom stereocenters. The molecule has 0 N–H and O–H groups in total. The summed E-state index contributed by atoms with van der Waals surface area (Å²) in [5, 5.41) is 0. The third kappa shape index (κ3) is 3.37. The van der Waals surface area contributed by atoms with Gasteiger partial charge in [-0.15, -0.1) is 0 Å². The van der Waals surface area contributed by atoms with Crippen LogP contribution in [0.2, 0.25) is 0 Å². The van der Waals surface area contributed by atoms with E-state index in [1.807, 2.05) is 6.08 Å². The maximum atomic E-state index is 12.7. The lowest BCUT2D eigenvalue weighted by Crippen LogP contribution is -2.59. The van der Waals surface area contributed by atoms with Gasteiger partial charge in [0.05, 0.1) is 0 Å². The number of hydrogen-bond donors (Lipinski definition) is 0. The fourth-order valence-corrected chi connectivity index (χ4v) is 7.86. The van der Waals surface area contributed by atoms with Crippen LogP contribution in [0.1, 0.15) is 73.1 Å². The zero-order valence-corrected chi connectivity index (χ0v) is 19.2. The van der Waals surface area contributed by atoms with Crippen molar-refractivity contribution in [3.63, 3.8) is 0 Å². The number of ketones is 2. The molecule has 6 nitrogen and oxygen atoms in total. The second kappa shape index (κ2) is 7.56. The largest absolute Gasteiger partial charge is 0.462 e. The summed E-state index contributed by atoms with van der Waals surface area (Å²) in [5.41, 5.74) is 0.507. The van der Waals surface area contributed by atoms with Crippen LogP contribution in [0.5, 0.6) is 0 Å². The summed E-state index contributed by atoms with van der Waals surface area (Å²) >= 11 is 0. The van der Waals surface area contributed by atoms with E-state index in [1.54, 1.807) is 6.92 Å². The Balaban J connectivity index is 1.82. The summed E-state index contributed by atoms with van der Waals surface area (Å²) in [7, 11) is 0. The van der Waals surface area contributed by atoms with Gasteiger partial charge in [-0.2, -0.15) is 0 Å². The van der Waals surface area contributed by atoms with Crippen LogP contribution < -0.4 is 0 Å². The summed E-state index contributed by atoms with van der Waals surface area (Å²) in [4.78, 5) is 48.9. The monoisotopic (exact) mass is 430 g/mol. The third-order valence-electron chi connectivity index (χ3n) is 9.12. The Morgan fingerprint density at radius 1 is 1.00 bits per heavy atom. The van der Waals surface area contributed by atoms with E-state index in [1.165, 1.54) is 19.4 Å². The minimum atomic E-state index is -0.569. The van der Waals surface area contributed by atoms with Crippen molar-refractivity contribution in [3.8, 4) is 0 Å².